The predicted octanol–water partition coefficient (Wildman–Crippen LogP) is 1.63. The first kappa shape index (κ1) is 15.0. The quantitative estimate of drug-likeness (QED) is 0.830. The first-order valence-electron chi connectivity index (χ1n) is 7.37. The Kier molecular flexibility index (Phi) is 5.56. The van der Waals surface area contributed by atoms with Crippen LogP contribution in [0.5, 0.6) is 0 Å². The predicted molar refractivity (Wildman–Crippen MR) is 79.4 cm³/mol. The third-order valence-corrected chi connectivity index (χ3v) is 3.96. The van der Waals surface area contributed by atoms with E-state index >= 15 is 0 Å². The van der Waals surface area contributed by atoms with Crippen LogP contribution in [0.15, 0.2) is 30.3 Å². The summed E-state index contributed by atoms with van der Waals surface area (Å²) in [6.45, 7) is 1.85. The molecule has 20 heavy (non-hydrogen) atoms. The fourth-order valence-electron chi connectivity index (χ4n) is 2.60. The van der Waals surface area contributed by atoms with Gasteiger partial charge in [0.2, 0.25) is 5.91 Å². The van der Waals surface area contributed by atoms with Gasteiger partial charge in [0.15, 0.2) is 0 Å². The number of hydrogen-bond donors (Lipinski definition) is 2. The fourth-order valence-corrected chi connectivity index (χ4v) is 2.60. The Balaban J connectivity index is 1.74. The molecule has 0 aromatic heterocycles. The van der Waals surface area contributed by atoms with Crippen LogP contribution in [0, 0.1) is 0 Å². The Bertz CT molecular complexity index is 414. The molecule has 110 valence electrons. The van der Waals surface area contributed by atoms with Gasteiger partial charge in [-0.1, -0.05) is 30.3 Å². The summed E-state index contributed by atoms with van der Waals surface area (Å²) in [4.78, 5) is 12.1. The van der Waals surface area contributed by atoms with E-state index in [9.17, 15) is 4.79 Å². The van der Waals surface area contributed by atoms with E-state index in [1.54, 1.807) is 0 Å². The summed E-state index contributed by atoms with van der Waals surface area (Å²) in [6, 6.07) is 10.3. The largest absolute Gasteiger partial charge is 0.381 e. The molecule has 1 aromatic rings. The molecule has 0 radical (unpaired) electrons. The first-order valence-corrected chi connectivity index (χ1v) is 7.37. The Labute approximate surface area is 120 Å². The van der Waals surface area contributed by atoms with Gasteiger partial charge in [0.05, 0.1) is 5.54 Å². The molecule has 2 rings (SSSR count). The molecule has 1 aliphatic heterocycles. The average molecular weight is 276 g/mol. The van der Waals surface area contributed by atoms with Crippen LogP contribution in [0.4, 0.5) is 0 Å². The fraction of sp³-hybridized carbons (Fsp3) is 0.562. The van der Waals surface area contributed by atoms with Crippen molar-refractivity contribution in [3.8, 4) is 0 Å². The van der Waals surface area contributed by atoms with Crippen LogP contribution in [0.3, 0.4) is 0 Å². The zero-order chi connectivity index (χ0) is 14.3. The molecule has 0 spiro atoms. The van der Waals surface area contributed by atoms with Crippen molar-refractivity contribution in [2.75, 3.05) is 19.8 Å². The molecular weight excluding hydrogens is 252 g/mol. The number of carbonyl (C=O) groups excluding carboxylic acids is 1. The number of rotatable bonds is 6. The van der Waals surface area contributed by atoms with E-state index < -0.39 is 0 Å². The summed E-state index contributed by atoms with van der Waals surface area (Å²) in [5.74, 6) is 0.105. The number of carbonyl (C=O) groups is 1. The molecule has 1 saturated heterocycles. The molecule has 0 saturated carbocycles. The lowest BCUT2D eigenvalue weighted by molar-refractivity contribution is -0.124. The Morgan fingerprint density at radius 3 is 2.60 bits per heavy atom. The highest BCUT2D eigenvalue weighted by Crippen LogP contribution is 2.19. The van der Waals surface area contributed by atoms with Crippen LogP contribution in [0.25, 0.3) is 0 Å². The van der Waals surface area contributed by atoms with Gasteiger partial charge in [0.1, 0.15) is 0 Å². The van der Waals surface area contributed by atoms with Crippen molar-refractivity contribution in [1.29, 1.82) is 0 Å². The molecular formula is C16H24N2O2. The Morgan fingerprint density at radius 2 is 1.95 bits per heavy atom. The molecule has 1 heterocycles. The second-order valence-corrected chi connectivity index (χ2v) is 5.48. The molecule has 0 bridgehead atoms. The number of nitrogens with two attached hydrogens (primary N) is 1. The van der Waals surface area contributed by atoms with Gasteiger partial charge < -0.3 is 15.8 Å². The topological polar surface area (TPSA) is 64.3 Å². The van der Waals surface area contributed by atoms with Crippen molar-refractivity contribution >= 4 is 5.91 Å². The van der Waals surface area contributed by atoms with Crippen LogP contribution in [-0.2, 0) is 16.0 Å². The van der Waals surface area contributed by atoms with Crippen LogP contribution in [0.2, 0.25) is 0 Å². The molecule has 3 N–H and O–H groups in total. The number of hydrogen-bond acceptors (Lipinski definition) is 3. The lowest BCUT2D eigenvalue weighted by Gasteiger charge is -2.37. The molecule has 1 amide bonds. The van der Waals surface area contributed by atoms with Crippen molar-refractivity contribution in [1.82, 2.24) is 5.32 Å². The van der Waals surface area contributed by atoms with E-state index in [0.717, 1.165) is 25.7 Å². The highest BCUT2D eigenvalue weighted by atomic mass is 16.5. The lowest BCUT2D eigenvalue weighted by atomic mass is 9.90. The van der Waals surface area contributed by atoms with Crippen molar-refractivity contribution in [3.05, 3.63) is 35.9 Å². The maximum atomic E-state index is 12.1. The minimum atomic E-state index is -0.248. The van der Waals surface area contributed by atoms with Crippen molar-refractivity contribution in [2.24, 2.45) is 5.73 Å². The Hall–Kier alpha value is -1.39. The smallest absolute Gasteiger partial charge is 0.220 e. The van der Waals surface area contributed by atoms with Crippen molar-refractivity contribution in [2.45, 2.75) is 37.6 Å². The van der Waals surface area contributed by atoms with Crippen LogP contribution < -0.4 is 11.1 Å². The summed E-state index contributed by atoms with van der Waals surface area (Å²) in [7, 11) is 0. The highest BCUT2D eigenvalue weighted by Gasteiger charge is 2.32. The normalized spacial score (nSPS) is 17.6. The summed E-state index contributed by atoms with van der Waals surface area (Å²) in [5, 5.41) is 3.12. The van der Waals surface area contributed by atoms with Gasteiger partial charge in [0.25, 0.3) is 0 Å². The zero-order valence-corrected chi connectivity index (χ0v) is 11.9. The number of amides is 1. The van der Waals surface area contributed by atoms with Crippen LogP contribution >= 0.6 is 0 Å². The monoisotopic (exact) mass is 276 g/mol. The molecule has 1 aromatic carbocycles. The summed E-state index contributed by atoms with van der Waals surface area (Å²) >= 11 is 0. The van der Waals surface area contributed by atoms with Gasteiger partial charge >= 0.3 is 0 Å². The maximum absolute atomic E-state index is 12.1. The third-order valence-electron chi connectivity index (χ3n) is 3.96. The lowest BCUT2D eigenvalue weighted by Crippen LogP contribution is -2.56. The van der Waals surface area contributed by atoms with Gasteiger partial charge in [-0.2, -0.15) is 0 Å². The molecule has 4 nitrogen and oxygen atoms in total. The molecule has 1 fully saturated rings. The molecule has 0 unspecified atom stereocenters. The second kappa shape index (κ2) is 7.41. The molecule has 0 atom stereocenters. The number of benzene rings is 1. The van der Waals surface area contributed by atoms with E-state index in [0.29, 0.717) is 26.2 Å². The van der Waals surface area contributed by atoms with Crippen molar-refractivity contribution in [3.63, 3.8) is 0 Å². The zero-order valence-electron chi connectivity index (χ0n) is 11.9. The minimum absolute atomic E-state index is 0.105. The summed E-state index contributed by atoms with van der Waals surface area (Å²) in [6.07, 6.45) is 3.99. The van der Waals surface area contributed by atoms with Gasteiger partial charge in [-0.25, -0.2) is 0 Å². The second-order valence-electron chi connectivity index (χ2n) is 5.48. The first-order chi connectivity index (χ1) is 9.74. The van der Waals surface area contributed by atoms with E-state index in [1.165, 1.54) is 5.56 Å². The summed E-state index contributed by atoms with van der Waals surface area (Å²) < 4.78 is 5.34. The average Bonchev–Trinajstić information content (AvgIpc) is 2.49. The van der Waals surface area contributed by atoms with Gasteiger partial charge in [-0.3, -0.25) is 4.79 Å². The van der Waals surface area contributed by atoms with Crippen LogP contribution in [-0.4, -0.2) is 31.2 Å². The van der Waals surface area contributed by atoms with E-state index in [4.69, 9.17) is 10.5 Å². The molecule has 4 heteroatoms. The third kappa shape index (κ3) is 4.32. The SMILES string of the molecule is NCC1(NC(=O)CCCc2ccccc2)CCOCC1. The van der Waals surface area contributed by atoms with Gasteiger partial charge in [0, 0.05) is 26.2 Å². The van der Waals surface area contributed by atoms with E-state index in [-0.39, 0.29) is 11.4 Å². The van der Waals surface area contributed by atoms with Crippen LogP contribution in [0.1, 0.15) is 31.2 Å². The maximum Gasteiger partial charge on any atom is 0.220 e. The van der Waals surface area contributed by atoms with Crippen molar-refractivity contribution < 1.29 is 9.53 Å². The van der Waals surface area contributed by atoms with Gasteiger partial charge in [-0.15, -0.1) is 0 Å². The molecule has 0 aliphatic carbocycles. The number of nitrogens with one attached hydrogen (secondary N) is 1. The minimum Gasteiger partial charge on any atom is -0.381 e. The highest BCUT2D eigenvalue weighted by molar-refractivity contribution is 5.76. The Morgan fingerprint density at radius 1 is 1.25 bits per heavy atom. The van der Waals surface area contributed by atoms with Gasteiger partial charge in [-0.05, 0) is 31.2 Å². The molecule has 1 aliphatic rings. The van der Waals surface area contributed by atoms with E-state index in [2.05, 4.69) is 17.4 Å². The number of ether oxygens (including phenoxy) is 1. The summed E-state index contributed by atoms with van der Waals surface area (Å²) in [5.41, 5.74) is 6.87. The number of aryl methyl sites for hydroxylation is 1. The standard InChI is InChI=1S/C16H24N2O2/c17-13-16(9-11-20-12-10-16)18-15(19)8-4-7-14-5-2-1-3-6-14/h1-3,5-6H,4,7-13,17H2,(H,18,19). The van der Waals surface area contributed by atoms with E-state index in [1.807, 2.05) is 18.2 Å².